The Morgan fingerprint density at radius 1 is 1.21 bits per heavy atom. The van der Waals surface area contributed by atoms with Crippen molar-refractivity contribution in [3.63, 3.8) is 0 Å². The lowest BCUT2D eigenvalue weighted by Crippen LogP contribution is -2.27. The van der Waals surface area contributed by atoms with E-state index in [9.17, 15) is 9.18 Å². The number of benzene rings is 2. The van der Waals surface area contributed by atoms with E-state index >= 15 is 0 Å². The van der Waals surface area contributed by atoms with Gasteiger partial charge < -0.3 is 4.90 Å². The number of fused-ring (bicyclic) bond motifs is 1. The van der Waals surface area contributed by atoms with Crippen LogP contribution in [0.3, 0.4) is 0 Å². The molecule has 1 saturated carbocycles. The fourth-order valence-corrected chi connectivity index (χ4v) is 4.40. The minimum atomic E-state index is -0.302. The summed E-state index contributed by atoms with van der Waals surface area (Å²) < 4.78 is 15.9. The summed E-state index contributed by atoms with van der Waals surface area (Å²) in [5.74, 6) is 0.416. The van der Waals surface area contributed by atoms with Gasteiger partial charge in [-0.2, -0.15) is 5.10 Å². The Kier molecular flexibility index (Phi) is 4.66. The second-order valence-corrected chi connectivity index (χ2v) is 8.70. The SMILES string of the molecule is CSc1ccc(-c2cccc(F)c2)c(C(=O)N2Cc3cnn(CC4CC4)c3C2)c1. The zero-order chi connectivity index (χ0) is 20.0. The first-order chi connectivity index (χ1) is 14.1. The van der Waals surface area contributed by atoms with Crippen molar-refractivity contribution in [2.75, 3.05) is 6.26 Å². The van der Waals surface area contributed by atoms with Gasteiger partial charge in [0.2, 0.25) is 0 Å². The molecule has 0 N–H and O–H groups in total. The van der Waals surface area contributed by atoms with E-state index in [-0.39, 0.29) is 11.7 Å². The Morgan fingerprint density at radius 2 is 2.07 bits per heavy atom. The summed E-state index contributed by atoms with van der Waals surface area (Å²) >= 11 is 1.60. The summed E-state index contributed by atoms with van der Waals surface area (Å²) in [7, 11) is 0. The summed E-state index contributed by atoms with van der Waals surface area (Å²) in [4.78, 5) is 16.4. The Morgan fingerprint density at radius 3 is 2.83 bits per heavy atom. The van der Waals surface area contributed by atoms with E-state index in [1.54, 1.807) is 17.8 Å². The molecule has 1 aliphatic heterocycles. The average molecular weight is 408 g/mol. The number of hydrogen-bond donors (Lipinski definition) is 0. The van der Waals surface area contributed by atoms with Crippen LogP contribution in [0.25, 0.3) is 11.1 Å². The summed E-state index contributed by atoms with van der Waals surface area (Å²) in [6.45, 7) is 2.10. The second-order valence-electron chi connectivity index (χ2n) is 7.83. The molecule has 2 aromatic carbocycles. The molecule has 1 aromatic heterocycles. The number of rotatable bonds is 5. The van der Waals surface area contributed by atoms with E-state index in [0.717, 1.165) is 39.7 Å². The van der Waals surface area contributed by atoms with E-state index < -0.39 is 0 Å². The topological polar surface area (TPSA) is 38.1 Å². The zero-order valence-corrected chi connectivity index (χ0v) is 17.1. The first-order valence-electron chi connectivity index (χ1n) is 9.89. The van der Waals surface area contributed by atoms with Crippen molar-refractivity contribution in [2.24, 2.45) is 5.92 Å². The number of amides is 1. The minimum absolute atomic E-state index is 0.0191. The van der Waals surface area contributed by atoms with Gasteiger partial charge >= 0.3 is 0 Å². The average Bonchev–Trinajstić information content (AvgIpc) is 3.33. The van der Waals surface area contributed by atoms with Crippen molar-refractivity contribution in [1.82, 2.24) is 14.7 Å². The van der Waals surface area contributed by atoms with Crippen LogP contribution in [0.15, 0.2) is 53.6 Å². The predicted octanol–water partition coefficient (Wildman–Crippen LogP) is 4.98. The maximum Gasteiger partial charge on any atom is 0.255 e. The third-order valence-electron chi connectivity index (χ3n) is 5.75. The van der Waals surface area contributed by atoms with Crippen LogP contribution in [-0.4, -0.2) is 26.8 Å². The maximum atomic E-state index is 13.8. The molecular formula is C23H22FN3OS. The normalized spacial score (nSPS) is 15.6. The van der Waals surface area contributed by atoms with Gasteiger partial charge in [0, 0.05) is 29.1 Å². The van der Waals surface area contributed by atoms with Crippen molar-refractivity contribution in [3.8, 4) is 11.1 Å². The molecule has 0 spiro atoms. The van der Waals surface area contributed by atoms with Gasteiger partial charge in [-0.05, 0) is 60.4 Å². The second kappa shape index (κ2) is 7.34. The number of nitrogens with zero attached hydrogens (tertiary/aromatic N) is 3. The summed E-state index contributed by atoms with van der Waals surface area (Å²) in [5, 5.41) is 4.52. The Hall–Kier alpha value is -2.60. The number of halogens is 1. The molecule has 0 radical (unpaired) electrons. The van der Waals surface area contributed by atoms with Crippen molar-refractivity contribution in [2.45, 2.75) is 37.4 Å². The van der Waals surface area contributed by atoms with Gasteiger partial charge in [0.05, 0.1) is 18.4 Å². The third kappa shape index (κ3) is 3.57. The van der Waals surface area contributed by atoms with Crippen LogP contribution in [-0.2, 0) is 19.6 Å². The van der Waals surface area contributed by atoms with Crippen LogP contribution in [0, 0.1) is 11.7 Å². The number of aromatic nitrogens is 2. The standard InChI is InChI=1S/C23H22FN3OS/c1-29-19-7-8-20(16-3-2-4-18(24)9-16)21(10-19)23(28)26-13-17-11-25-27(22(17)14-26)12-15-5-6-15/h2-4,7-11,15H,5-6,12-14H2,1H3. The lowest BCUT2D eigenvalue weighted by Gasteiger charge is -2.19. The van der Waals surface area contributed by atoms with Crippen molar-refractivity contribution >= 4 is 17.7 Å². The van der Waals surface area contributed by atoms with Crippen LogP contribution in [0.2, 0.25) is 0 Å². The summed E-state index contributed by atoms with van der Waals surface area (Å²) in [6.07, 6.45) is 6.44. The van der Waals surface area contributed by atoms with E-state index in [1.807, 2.05) is 41.6 Å². The van der Waals surface area contributed by atoms with Gasteiger partial charge in [-0.15, -0.1) is 11.8 Å². The Bertz CT molecular complexity index is 1090. The maximum absolute atomic E-state index is 13.8. The van der Waals surface area contributed by atoms with Crippen LogP contribution in [0.1, 0.15) is 34.5 Å². The molecule has 0 unspecified atom stereocenters. The highest BCUT2D eigenvalue weighted by Gasteiger charge is 2.31. The highest BCUT2D eigenvalue weighted by Crippen LogP contribution is 2.34. The lowest BCUT2D eigenvalue weighted by atomic mass is 9.98. The summed E-state index contributed by atoms with van der Waals surface area (Å²) in [5.41, 5.74) is 4.39. The molecule has 0 saturated heterocycles. The molecule has 1 aliphatic carbocycles. The molecule has 2 heterocycles. The molecule has 1 fully saturated rings. The van der Waals surface area contributed by atoms with Gasteiger partial charge in [-0.25, -0.2) is 4.39 Å². The Balaban J connectivity index is 1.47. The molecule has 5 rings (SSSR count). The largest absolute Gasteiger partial charge is 0.328 e. The monoisotopic (exact) mass is 407 g/mol. The fourth-order valence-electron chi connectivity index (χ4n) is 3.96. The van der Waals surface area contributed by atoms with Crippen LogP contribution >= 0.6 is 11.8 Å². The van der Waals surface area contributed by atoms with Gasteiger partial charge in [0.25, 0.3) is 5.91 Å². The van der Waals surface area contributed by atoms with E-state index in [0.29, 0.717) is 18.7 Å². The van der Waals surface area contributed by atoms with Crippen LogP contribution in [0.4, 0.5) is 4.39 Å². The molecule has 6 heteroatoms. The van der Waals surface area contributed by atoms with Crippen molar-refractivity contribution in [3.05, 3.63) is 71.3 Å². The molecule has 1 amide bonds. The van der Waals surface area contributed by atoms with Gasteiger partial charge in [0.1, 0.15) is 5.82 Å². The molecule has 148 valence electrons. The number of thioether (sulfide) groups is 1. The Labute approximate surface area is 173 Å². The van der Waals surface area contributed by atoms with E-state index in [4.69, 9.17) is 0 Å². The summed E-state index contributed by atoms with van der Waals surface area (Å²) in [6, 6.07) is 12.3. The molecule has 0 atom stereocenters. The minimum Gasteiger partial charge on any atom is -0.328 e. The van der Waals surface area contributed by atoms with Gasteiger partial charge in [-0.3, -0.25) is 9.48 Å². The molecule has 2 aliphatic rings. The van der Waals surface area contributed by atoms with E-state index in [2.05, 4.69) is 9.78 Å². The molecule has 29 heavy (non-hydrogen) atoms. The quantitative estimate of drug-likeness (QED) is 0.560. The molecule has 0 bridgehead atoms. The highest BCUT2D eigenvalue weighted by molar-refractivity contribution is 7.98. The first kappa shape index (κ1) is 18.4. The predicted molar refractivity (Wildman–Crippen MR) is 112 cm³/mol. The number of hydrogen-bond acceptors (Lipinski definition) is 3. The van der Waals surface area contributed by atoms with Gasteiger partial charge in [0.15, 0.2) is 0 Å². The van der Waals surface area contributed by atoms with Crippen LogP contribution < -0.4 is 0 Å². The van der Waals surface area contributed by atoms with Gasteiger partial charge in [-0.1, -0.05) is 18.2 Å². The number of carbonyl (C=O) groups is 1. The highest BCUT2D eigenvalue weighted by atomic mass is 32.2. The van der Waals surface area contributed by atoms with Crippen molar-refractivity contribution in [1.29, 1.82) is 0 Å². The molecule has 4 nitrogen and oxygen atoms in total. The molecule has 3 aromatic rings. The van der Waals surface area contributed by atoms with E-state index in [1.165, 1.54) is 25.0 Å². The zero-order valence-electron chi connectivity index (χ0n) is 16.3. The fraction of sp³-hybridized carbons (Fsp3) is 0.304. The lowest BCUT2D eigenvalue weighted by molar-refractivity contribution is 0.0748. The molecular weight excluding hydrogens is 385 g/mol. The number of carbonyl (C=O) groups excluding carboxylic acids is 1. The van der Waals surface area contributed by atoms with Crippen molar-refractivity contribution < 1.29 is 9.18 Å². The van der Waals surface area contributed by atoms with Crippen LogP contribution in [0.5, 0.6) is 0 Å². The third-order valence-corrected chi connectivity index (χ3v) is 6.47. The smallest absolute Gasteiger partial charge is 0.255 e. The first-order valence-corrected chi connectivity index (χ1v) is 11.1.